The van der Waals surface area contributed by atoms with Crippen molar-refractivity contribution in [1.82, 2.24) is 0 Å². The van der Waals surface area contributed by atoms with Gasteiger partial charge in [-0.1, -0.05) is 24.3 Å². The number of benzene rings is 1. The average Bonchev–Trinajstić information content (AvgIpc) is 2.13. The zero-order chi connectivity index (χ0) is 8.55. The van der Waals surface area contributed by atoms with Gasteiger partial charge in [0.1, 0.15) is 5.94 Å². The molecule has 58 valence electrons. The molecule has 1 unspecified atom stereocenters. The van der Waals surface area contributed by atoms with Gasteiger partial charge in [-0.05, 0) is 5.56 Å². The van der Waals surface area contributed by atoms with Crippen LogP contribution in [-0.4, -0.2) is 11.7 Å². The highest BCUT2D eigenvalue weighted by Crippen LogP contribution is 2.34. The predicted molar refractivity (Wildman–Crippen MR) is 43.8 cm³/mol. The molecule has 0 N–H and O–H groups in total. The van der Waals surface area contributed by atoms with E-state index in [1.54, 1.807) is 12.0 Å². The third kappa shape index (κ3) is 0.758. The first-order valence-corrected chi connectivity index (χ1v) is 3.68. The molecular weight excluding hydrogens is 152 g/mol. The quantitative estimate of drug-likeness (QED) is 0.578. The summed E-state index contributed by atoms with van der Waals surface area (Å²) >= 11 is 0. The number of carbonyl (C=O) groups excluding carboxylic acids is 2. The smallest absolute Gasteiger partial charge is 0.175 e. The largest absolute Gasteiger partial charge is 0.293 e. The monoisotopic (exact) mass is 158 g/mol. The Morgan fingerprint density at radius 3 is 2.83 bits per heavy atom. The maximum absolute atomic E-state index is 11.2. The topological polar surface area (TPSA) is 34.1 Å². The van der Waals surface area contributed by atoms with Crippen LogP contribution in [0.2, 0.25) is 0 Å². The van der Waals surface area contributed by atoms with Crippen molar-refractivity contribution in [2.24, 2.45) is 0 Å². The van der Waals surface area contributed by atoms with E-state index in [0.29, 0.717) is 0 Å². The summed E-state index contributed by atoms with van der Waals surface area (Å²) in [6.45, 7) is 0. The molecule has 1 aromatic rings. The zero-order valence-corrected chi connectivity index (χ0v) is 6.28. The number of rotatable bonds is 1. The molecule has 0 bridgehead atoms. The summed E-state index contributed by atoms with van der Waals surface area (Å²) in [6.07, 6.45) is 1.27. The first kappa shape index (κ1) is 7.01. The molecule has 1 aromatic carbocycles. The van der Waals surface area contributed by atoms with Crippen LogP contribution >= 0.6 is 0 Å². The van der Waals surface area contributed by atoms with Gasteiger partial charge in [-0.25, -0.2) is 4.79 Å². The highest BCUT2D eigenvalue weighted by Gasteiger charge is 2.33. The summed E-state index contributed by atoms with van der Waals surface area (Å²) in [4.78, 5) is 21.3. The average molecular weight is 158 g/mol. The molecule has 0 radical (unpaired) electrons. The van der Waals surface area contributed by atoms with Crippen molar-refractivity contribution < 1.29 is 9.59 Å². The van der Waals surface area contributed by atoms with Crippen LogP contribution in [0.15, 0.2) is 30.3 Å². The number of carbonyl (C=O) groups is 1. The van der Waals surface area contributed by atoms with E-state index < -0.39 is 0 Å². The summed E-state index contributed by atoms with van der Waals surface area (Å²) in [5.74, 6) is 1.33. The Bertz CT molecular complexity index is 387. The van der Waals surface area contributed by atoms with Gasteiger partial charge in [0, 0.05) is 11.6 Å². The second-order valence-electron chi connectivity index (χ2n) is 2.71. The maximum Gasteiger partial charge on any atom is 0.175 e. The van der Waals surface area contributed by atoms with Gasteiger partial charge in [-0.3, -0.25) is 4.79 Å². The Labute approximate surface area is 69.5 Å². The molecule has 1 atom stereocenters. The molecule has 2 nitrogen and oxygen atoms in total. The standard InChI is InChI=1S/C10H6O2/c11-6-5-9-7-3-1-2-4-8(7)10(9)12/h1-5,9H. The van der Waals surface area contributed by atoms with E-state index in [2.05, 4.69) is 0 Å². The van der Waals surface area contributed by atoms with Crippen molar-refractivity contribution in [3.63, 3.8) is 0 Å². The van der Waals surface area contributed by atoms with Crippen molar-refractivity contribution in [1.29, 1.82) is 0 Å². The summed E-state index contributed by atoms with van der Waals surface area (Å²) < 4.78 is 0. The van der Waals surface area contributed by atoms with Gasteiger partial charge in [-0.15, -0.1) is 0 Å². The molecule has 0 saturated heterocycles. The Hall–Kier alpha value is -1.66. The Morgan fingerprint density at radius 1 is 1.33 bits per heavy atom. The van der Waals surface area contributed by atoms with Crippen LogP contribution in [-0.2, 0) is 4.79 Å². The van der Waals surface area contributed by atoms with Gasteiger partial charge in [-0.2, -0.15) is 0 Å². The van der Waals surface area contributed by atoms with Crippen LogP contribution in [0.25, 0.3) is 0 Å². The van der Waals surface area contributed by atoms with Crippen molar-refractivity contribution in [2.45, 2.75) is 5.92 Å². The van der Waals surface area contributed by atoms with Gasteiger partial charge < -0.3 is 0 Å². The van der Waals surface area contributed by atoms with Crippen LogP contribution in [0.3, 0.4) is 0 Å². The molecule has 2 heteroatoms. The minimum Gasteiger partial charge on any atom is -0.293 e. The van der Waals surface area contributed by atoms with E-state index in [4.69, 9.17) is 0 Å². The van der Waals surface area contributed by atoms with Gasteiger partial charge in [0.05, 0.1) is 5.92 Å². The van der Waals surface area contributed by atoms with Crippen LogP contribution in [0.5, 0.6) is 0 Å². The fourth-order valence-electron chi connectivity index (χ4n) is 1.46. The molecule has 2 rings (SSSR count). The molecule has 0 heterocycles. The van der Waals surface area contributed by atoms with E-state index >= 15 is 0 Å². The molecule has 1 aliphatic carbocycles. The summed E-state index contributed by atoms with van der Waals surface area (Å²) in [6, 6.07) is 7.30. The van der Waals surface area contributed by atoms with Crippen molar-refractivity contribution in [2.75, 3.05) is 0 Å². The number of Topliss-reactive ketones (excluding diaryl/α,β-unsaturated/α-hetero) is 1. The molecule has 0 aliphatic heterocycles. The fourth-order valence-corrected chi connectivity index (χ4v) is 1.46. The highest BCUT2D eigenvalue weighted by molar-refractivity contribution is 6.12. The Morgan fingerprint density at radius 2 is 2.08 bits per heavy atom. The number of hydrogen-bond acceptors (Lipinski definition) is 2. The molecule has 12 heavy (non-hydrogen) atoms. The number of allylic oxidation sites excluding steroid dienone is 1. The van der Waals surface area contributed by atoms with Crippen molar-refractivity contribution in [3.05, 3.63) is 41.5 Å². The van der Waals surface area contributed by atoms with Gasteiger partial charge in [0.25, 0.3) is 0 Å². The van der Waals surface area contributed by atoms with Crippen molar-refractivity contribution in [3.8, 4) is 0 Å². The van der Waals surface area contributed by atoms with E-state index in [1.807, 2.05) is 18.2 Å². The second kappa shape index (κ2) is 2.43. The number of fused-ring (bicyclic) bond motifs is 1. The highest BCUT2D eigenvalue weighted by atomic mass is 16.1. The van der Waals surface area contributed by atoms with E-state index in [-0.39, 0.29) is 11.7 Å². The van der Waals surface area contributed by atoms with Crippen LogP contribution in [0, 0.1) is 0 Å². The second-order valence-corrected chi connectivity index (χ2v) is 2.71. The molecule has 1 aliphatic rings. The van der Waals surface area contributed by atoms with Gasteiger partial charge >= 0.3 is 0 Å². The number of hydrogen-bond donors (Lipinski definition) is 0. The van der Waals surface area contributed by atoms with Crippen LogP contribution in [0.4, 0.5) is 0 Å². The normalized spacial score (nSPS) is 19.0. The molecule has 0 spiro atoms. The minimum absolute atomic E-state index is 0.0222. The Balaban J connectivity index is 2.50. The minimum atomic E-state index is -0.335. The lowest BCUT2D eigenvalue weighted by molar-refractivity contribution is 0.0948. The third-order valence-electron chi connectivity index (χ3n) is 2.08. The SMILES string of the molecule is O=C=CC1C(=O)c2ccccc21. The van der Waals surface area contributed by atoms with Gasteiger partial charge in [0.2, 0.25) is 0 Å². The number of ketones is 1. The molecular formula is C10H6O2. The lowest BCUT2D eigenvalue weighted by Crippen LogP contribution is -2.24. The first-order valence-electron chi connectivity index (χ1n) is 3.68. The summed E-state index contributed by atoms with van der Waals surface area (Å²) in [5.41, 5.74) is 1.67. The zero-order valence-electron chi connectivity index (χ0n) is 6.28. The lowest BCUT2D eigenvalue weighted by Gasteiger charge is -2.24. The molecule has 0 saturated carbocycles. The maximum atomic E-state index is 11.2. The van der Waals surface area contributed by atoms with E-state index in [0.717, 1.165) is 11.1 Å². The van der Waals surface area contributed by atoms with Crippen LogP contribution in [0.1, 0.15) is 21.8 Å². The van der Waals surface area contributed by atoms with E-state index in [9.17, 15) is 9.59 Å². The summed E-state index contributed by atoms with van der Waals surface area (Å²) in [5, 5.41) is 0. The third-order valence-corrected chi connectivity index (χ3v) is 2.08. The molecule has 0 fully saturated rings. The molecule has 0 amide bonds. The van der Waals surface area contributed by atoms with E-state index in [1.165, 1.54) is 6.08 Å². The first-order chi connectivity index (χ1) is 5.84. The van der Waals surface area contributed by atoms with Gasteiger partial charge in [0.15, 0.2) is 5.78 Å². The fraction of sp³-hybridized carbons (Fsp3) is 0.100. The predicted octanol–water partition coefficient (Wildman–Crippen LogP) is 1.35. The lowest BCUT2D eigenvalue weighted by atomic mass is 9.76. The molecule has 0 aromatic heterocycles. The van der Waals surface area contributed by atoms with Crippen LogP contribution < -0.4 is 0 Å². The van der Waals surface area contributed by atoms with Crippen molar-refractivity contribution >= 4 is 11.7 Å². The summed E-state index contributed by atoms with van der Waals surface area (Å²) in [7, 11) is 0. The Kier molecular flexibility index (Phi) is 1.42.